The first-order valence-corrected chi connectivity index (χ1v) is 16.4. The predicted octanol–water partition coefficient (Wildman–Crippen LogP) is 1.13. The van der Waals surface area contributed by atoms with Gasteiger partial charge in [-0.2, -0.15) is 0 Å². The summed E-state index contributed by atoms with van der Waals surface area (Å²) in [6.07, 6.45) is 3.53. The molecule has 0 aromatic heterocycles. The Morgan fingerprint density at radius 2 is 1.65 bits per heavy atom. The number of methoxy groups -OCH3 is 1. The van der Waals surface area contributed by atoms with Gasteiger partial charge in [-0.25, -0.2) is 0 Å². The van der Waals surface area contributed by atoms with Crippen LogP contribution in [0.4, 0.5) is 5.69 Å². The Morgan fingerprint density at radius 1 is 1.00 bits per heavy atom. The van der Waals surface area contributed by atoms with Gasteiger partial charge in [-0.1, -0.05) is 51.7 Å². The van der Waals surface area contributed by atoms with Crippen LogP contribution in [0, 0.1) is 30.6 Å². The van der Waals surface area contributed by atoms with Crippen molar-refractivity contribution in [1.29, 1.82) is 0 Å². The number of esters is 1. The van der Waals surface area contributed by atoms with Crippen LogP contribution in [0.5, 0.6) is 23.0 Å². The van der Waals surface area contributed by atoms with Gasteiger partial charge in [0, 0.05) is 67.0 Å². The van der Waals surface area contributed by atoms with Gasteiger partial charge < -0.3 is 49.8 Å². The normalized spacial score (nSPS) is 32.6. The fraction of sp³-hybridized carbons (Fsp3) is 0.486. The Balaban J connectivity index is 0.00000702. The van der Waals surface area contributed by atoms with Crippen LogP contribution in [0.25, 0.3) is 10.8 Å². The van der Waals surface area contributed by atoms with Gasteiger partial charge >= 0.3 is 41.3 Å². The van der Waals surface area contributed by atoms with Gasteiger partial charge in [-0.3, -0.25) is 14.4 Å². The zero-order chi connectivity index (χ0) is 37.4. The van der Waals surface area contributed by atoms with E-state index in [1.807, 2.05) is 0 Å². The summed E-state index contributed by atoms with van der Waals surface area (Å²) in [5.41, 5.74) is -0.300. The SMILES string of the molecule is COC1/C=C/OC2(C)Oc3c(C)c([O-])c4c(O)c(cc(O)c4c3C2=O)NC(=O)/C(C)=C\C=C\C(C)C(O)C(C)C(O)C(C)C(OC(C)=O)C1C.[Na+]. The smallest absolute Gasteiger partial charge is 0.872 e. The molecule has 2 aromatic rings. The Morgan fingerprint density at radius 3 is 2.25 bits per heavy atom. The molecule has 3 aliphatic rings. The van der Waals surface area contributed by atoms with Gasteiger partial charge in [-0.05, 0) is 25.5 Å². The minimum absolute atomic E-state index is 0. The van der Waals surface area contributed by atoms with Crippen LogP contribution >= 0.6 is 0 Å². The summed E-state index contributed by atoms with van der Waals surface area (Å²) >= 11 is 0. The van der Waals surface area contributed by atoms with Gasteiger partial charge in [0.25, 0.3) is 11.7 Å². The molecule has 3 aliphatic heterocycles. The Bertz CT molecular complexity index is 1770. The number of fused-ring (bicyclic) bond motifs is 14. The summed E-state index contributed by atoms with van der Waals surface area (Å²) in [6.45, 7) is 12.4. The van der Waals surface area contributed by atoms with Crippen molar-refractivity contribution in [3.63, 3.8) is 0 Å². The summed E-state index contributed by atoms with van der Waals surface area (Å²) in [4.78, 5) is 39.2. The number of nitrogens with one attached hydrogen (secondary N) is 1. The van der Waals surface area contributed by atoms with E-state index < -0.39 is 88.8 Å². The van der Waals surface area contributed by atoms with Crippen LogP contribution in [-0.4, -0.2) is 75.4 Å². The van der Waals surface area contributed by atoms with Crippen LogP contribution in [0.2, 0.25) is 0 Å². The number of amides is 1. The molecule has 9 unspecified atom stereocenters. The first-order chi connectivity index (χ1) is 23.4. The van der Waals surface area contributed by atoms with E-state index in [1.165, 1.54) is 53.2 Å². The molecular weight excluding hydrogens is 673 g/mol. The molecule has 0 saturated carbocycles. The number of benzene rings is 2. The second kappa shape index (κ2) is 16.4. The van der Waals surface area contributed by atoms with Gasteiger partial charge in [0.2, 0.25) is 0 Å². The minimum Gasteiger partial charge on any atom is -0.872 e. The molecule has 2 aromatic carbocycles. The van der Waals surface area contributed by atoms with Crippen LogP contribution < -0.4 is 44.7 Å². The van der Waals surface area contributed by atoms with Crippen LogP contribution in [0.3, 0.4) is 0 Å². The molecule has 1 amide bonds. The van der Waals surface area contributed by atoms with E-state index in [0.717, 1.165) is 6.07 Å². The number of allylic oxidation sites excluding steroid dienone is 2. The average molecular weight is 720 g/mol. The third-order valence-corrected chi connectivity index (χ3v) is 9.81. The summed E-state index contributed by atoms with van der Waals surface area (Å²) in [6, 6.07) is 1.03. The largest absolute Gasteiger partial charge is 1.00 e. The molecule has 0 spiro atoms. The third-order valence-electron chi connectivity index (χ3n) is 9.81. The molecule has 14 heteroatoms. The van der Waals surface area contributed by atoms with Gasteiger partial charge in [0.15, 0.2) is 0 Å². The number of anilines is 1. The van der Waals surface area contributed by atoms with E-state index in [-0.39, 0.29) is 68.5 Å². The number of hydrogen-bond acceptors (Lipinski definition) is 12. The zero-order valence-corrected chi connectivity index (χ0v) is 32.6. The number of Topliss-reactive ketones (excluding diaryl/α,β-unsaturated/α-hetero) is 1. The topological polar surface area (TPSA) is 204 Å². The maximum absolute atomic E-state index is 13.9. The van der Waals surface area contributed by atoms with Crippen molar-refractivity contribution in [1.82, 2.24) is 0 Å². The number of phenols is 2. The van der Waals surface area contributed by atoms with Crippen molar-refractivity contribution < 1.29 is 88.4 Å². The third kappa shape index (κ3) is 8.08. The molecular formula is C37H46NNaO12. The van der Waals surface area contributed by atoms with Crippen LogP contribution in [-0.2, 0) is 23.8 Å². The first-order valence-electron chi connectivity index (χ1n) is 16.4. The van der Waals surface area contributed by atoms with E-state index in [4.69, 9.17) is 18.9 Å². The van der Waals surface area contributed by atoms with Crippen molar-refractivity contribution in [2.45, 2.75) is 85.6 Å². The van der Waals surface area contributed by atoms with Crippen molar-refractivity contribution >= 4 is 34.1 Å². The number of phenolic OH excluding ortho intramolecular Hbond substituents is 2. The van der Waals surface area contributed by atoms with Gasteiger partial charge in [0.05, 0.1) is 35.8 Å². The van der Waals surface area contributed by atoms with Crippen molar-refractivity contribution in [3.05, 3.63) is 53.3 Å². The van der Waals surface area contributed by atoms with E-state index in [9.17, 15) is 39.9 Å². The van der Waals surface area contributed by atoms with Gasteiger partial charge in [-0.15, -0.1) is 0 Å². The van der Waals surface area contributed by atoms with E-state index in [2.05, 4.69) is 5.32 Å². The molecule has 0 radical (unpaired) electrons. The number of aliphatic hydroxyl groups excluding tert-OH is 2. The van der Waals surface area contributed by atoms with E-state index >= 15 is 0 Å². The predicted molar refractivity (Wildman–Crippen MR) is 182 cm³/mol. The number of aromatic hydroxyl groups is 2. The molecule has 5 rings (SSSR count). The molecule has 0 fully saturated rings. The molecule has 5 N–H and O–H groups in total. The second-order valence-electron chi connectivity index (χ2n) is 13.4. The summed E-state index contributed by atoms with van der Waals surface area (Å²) < 4.78 is 23.1. The van der Waals surface area contributed by atoms with Crippen molar-refractivity contribution in [3.8, 4) is 23.0 Å². The van der Waals surface area contributed by atoms with Crippen LogP contribution in [0.1, 0.15) is 64.4 Å². The summed E-state index contributed by atoms with van der Waals surface area (Å²) in [5.74, 6) is -8.51. The molecule has 5 bridgehead atoms. The number of aliphatic hydroxyl groups is 2. The molecule has 3 heterocycles. The second-order valence-corrected chi connectivity index (χ2v) is 13.4. The quantitative estimate of drug-likeness (QED) is 0.128. The maximum atomic E-state index is 13.9. The number of rotatable bonds is 2. The number of ether oxygens (including phenoxy) is 4. The van der Waals surface area contributed by atoms with E-state index in [0.29, 0.717) is 0 Å². The number of carbonyl (C=O) groups excluding carboxylic acids is 3. The molecule has 9 atom stereocenters. The maximum Gasteiger partial charge on any atom is 1.00 e. The first kappa shape index (κ1) is 41.8. The molecule has 13 nitrogen and oxygen atoms in total. The fourth-order valence-electron chi connectivity index (χ4n) is 6.64. The standard InChI is InChI=1S/C37H47NO12.Na/c1-16-11-10-12-17(2)36(46)38-23-15-24(40)26-27(32(23)44)31(43)21(6)34-28(26)35(45)37(8,50-34)48-14-13-25(47-9)18(3)33(49-22(7)39)20(5)30(42)19(4)29(16)41;/h10-16,18-20,25,29-30,33,40-44H,1-9H3,(H,38,46);/q;+1/p-1/b11-10+,14-13+,17-12-;. The molecule has 272 valence electrons. The van der Waals surface area contributed by atoms with Gasteiger partial charge in [0.1, 0.15) is 23.4 Å². The molecule has 51 heavy (non-hydrogen) atoms. The molecule has 0 saturated heterocycles. The summed E-state index contributed by atoms with van der Waals surface area (Å²) in [5, 5.41) is 60.2. The van der Waals surface area contributed by atoms with E-state index in [1.54, 1.807) is 39.8 Å². The Labute approximate surface area is 319 Å². The average Bonchev–Trinajstić information content (AvgIpc) is 3.33. The Hall–Kier alpha value is -3.59. The van der Waals surface area contributed by atoms with Crippen molar-refractivity contribution in [2.24, 2.45) is 23.7 Å². The summed E-state index contributed by atoms with van der Waals surface area (Å²) in [7, 11) is 1.43. The van der Waals surface area contributed by atoms with Crippen LogP contribution in [0.15, 0.2) is 42.2 Å². The number of carbonyl (C=O) groups is 3. The molecule has 0 aliphatic carbocycles. The monoisotopic (exact) mass is 719 g/mol. The number of ketones is 1. The number of hydrogen-bond donors (Lipinski definition) is 5. The van der Waals surface area contributed by atoms with Crippen molar-refractivity contribution in [2.75, 3.05) is 12.4 Å². The zero-order valence-electron chi connectivity index (χ0n) is 30.6. The Kier molecular flexibility index (Phi) is 13.4. The fourth-order valence-corrected chi connectivity index (χ4v) is 6.64. The minimum atomic E-state index is -2.01.